The molecule has 0 aliphatic carbocycles. The molecule has 5 heteroatoms. The van der Waals surface area contributed by atoms with E-state index in [-0.39, 0.29) is 0 Å². The SMILES string of the molecule is CCNC(C)c1ccc(Sc2nccs2)cc1Br. The van der Waals surface area contributed by atoms with Crippen LogP contribution in [0.25, 0.3) is 0 Å². The van der Waals surface area contributed by atoms with Gasteiger partial charge in [-0.05, 0) is 31.2 Å². The van der Waals surface area contributed by atoms with Crippen molar-refractivity contribution in [1.82, 2.24) is 10.3 Å². The number of hydrogen-bond donors (Lipinski definition) is 1. The van der Waals surface area contributed by atoms with Gasteiger partial charge >= 0.3 is 0 Å². The van der Waals surface area contributed by atoms with Crippen LogP contribution in [0.4, 0.5) is 0 Å². The lowest BCUT2D eigenvalue weighted by molar-refractivity contribution is 0.595. The molecule has 0 fully saturated rings. The van der Waals surface area contributed by atoms with Gasteiger partial charge in [0.2, 0.25) is 0 Å². The largest absolute Gasteiger partial charge is 0.310 e. The molecule has 0 radical (unpaired) electrons. The van der Waals surface area contributed by atoms with Crippen LogP contribution in [0.15, 0.2) is 43.5 Å². The lowest BCUT2D eigenvalue weighted by Gasteiger charge is -2.15. The van der Waals surface area contributed by atoms with Crippen molar-refractivity contribution < 1.29 is 0 Å². The van der Waals surface area contributed by atoms with Gasteiger partial charge in [0.05, 0.1) is 0 Å². The Morgan fingerprint density at radius 1 is 1.50 bits per heavy atom. The summed E-state index contributed by atoms with van der Waals surface area (Å²) >= 11 is 7.02. The fourth-order valence-corrected chi connectivity index (χ4v) is 4.21. The van der Waals surface area contributed by atoms with Gasteiger partial charge in [-0.1, -0.05) is 40.7 Å². The fourth-order valence-electron chi connectivity index (χ4n) is 1.70. The predicted molar refractivity (Wildman–Crippen MR) is 82.5 cm³/mol. The standard InChI is InChI=1S/C13H15BrN2S2/c1-3-15-9(2)11-5-4-10(8-12(11)14)18-13-16-6-7-17-13/h4-9,15H,3H2,1-2H3. The number of thiazole rings is 1. The van der Waals surface area contributed by atoms with Crippen LogP contribution in [0.2, 0.25) is 0 Å². The van der Waals surface area contributed by atoms with Gasteiger partial charge in [0.15, 0.2) is 4.34 Å². The molecule has 0 aliphatic rings. The van der Waals surface area contributed by atoms with E-state index in [0.717, 1.165) is 15.4 Å². The molecule has 2 rings (SSSR count). The summed E-state index contributed by atoms with van der Waals surface area (Å²) in [7, 11) is 0. The first kappa shape index (κ1) is 14.1. The molecule has 1 unspecified atom stereocenters. The average Bonchev–Trinajstić information content (AvgIpc) is 2.82. The van der Waals surface area contributed by atoms with E-state index in [4.69, 9.17) is 0 Å². The first-order valence-electron chi connectivity index (χ1n) is 5.81. The molecule has 1 N–H and O–H groups in total. The summed E-state index contributed by atoms with van der Waals surface area (Å²) in [4.78, 5) is 5.49. The van der Waals surface area contributed by atoms with Gasteiger partial charge in [0.25, 0.3) is 0 Å². The lowest BCUT2D eigenvalue weighted by atomic mass is 10.1. The maximum Gasteiger partial charge on any atom is 0.154 e. The van der Waals surface area contributed by atoms with Crippen molar-refractivity contribution in [2.45, 2.75) is 29.1 Å². The maximum absolute atomic E-state index is 4.28. The summed E-state index contributed by atoms with van der Waals surface area (Å²) in [6.07, 6.45) is 1.84. The molecule has 0 bridgehead atoms. The third-order valence-corrected chi connectivity index (χ3v) is 5.12. The summed E-state index contributed by atoms with van der Waals surface area (Å²) in [6.45, 7) is 5.28. The number of aromatic nitrogens is 1. The van der Waals surface area contributed by atoms with E-state index in [1.807, 2.05) is 11.6 Å². The van der Waals surface area contributed by atoms with Crippen molar-refractivity contribution in [3.8, 4) is 0 Å². The van der Waals surface area contributed by atoms with E-state index >= 15 is 0 Å². The summed E-state index contributed by atoms with van der Waals surface area (Å²) < 4.78 is 2.23. The van der Waals surface area contributed by atoms with Crippen molar-refractivity contribution in [1.29, 1.82) is 0 Å². The van der Waals surface area contributed by atoms with Gasteiger partial charge in [-0.25, -0.2) is 4.98 Å². The van der Waals surface area contributed by atoms with Crippen LogP contribution in [0.1, 0.15) is 25.5 Å². The highest BCUT2D eigenvalue weighted by molar-refractivity contribution is 9.10. The zero-order valence-corrected chi connectivity index (χ0v) is 13.5. The van der Waals surface area contributed by atoms with E-state index in [0.29, 0.717) is 6.04 Å². The number of benzene rings is 1. The van der Waals surface area contributed by atoms with Crippen LogP contribution in [0.3, 0.4) is 0 Å². The van der Waals surface area contributed by atoms with E-state index in [9.17, 15) is 0 Å². The minimum absolute atomic E-state index is 0.364. The van der Waals surface area contributed by atoms with Gasteiger partial charge in [0, 0.05) is 27.0 Å². The number of nitrogens with zero attached hydrogens (tertiary/aromatic N) is 1. The summed E-state index contributed by atoms with van der Waals surface area (Å²) in [5.41, 5.74) is 1.29. The van der Waals surface area contributed by atoms with Gasteiger partial charge in [-0.15, -0.1) is 11.3 Å². The Morgan fingerprint density at radius 3 is 2.94 bits per heavy atom. The minimum atomic E-state index is 0.364. The van der Waals surface area contributed by atoms with Crippen molar-refractivity contribution >= 4 is 39.0 Å². The Hall–Kier alpha value is -0.360. The Bertz CT molecular complexity index is 500. The van der Waals surface area contributed by atoms with Crippen LogP contribution in [0.5, 0.6) is 0 Å². The van der Waals surface area contributed by atoms with Crippen LogP contribution in [-0.4, -0.2) is 11.5 Å². The van der Waals surface area contributed by atoms with Gasteiger partial charge in [-0.2, -0.15) is 0 Å². The highest BCUT2D eigenvalue weighted by atomic mass is 79.9. The number of rotatable bonds is 5. The van der Waals surface area contributed by atoms with Crippen LogP contribution in [0, 0.1) is 0 Å². The lowest BCUT2D eigenvalue weighted by Crippen LogP contribution is -2.17. The minimum Gasteiger partial charge on any atom is -0.310 e. The zero-order chi connectivity index (χ0) is 13.0. The second-order valence-electron chi connectivity index (χ2n) is 3.86. The molecule has 0 saturated heterocycles. The van der Waals surface area contributed by atoms with Crippen LogP contribution < -0.4 is 5.32 Å². The first-order valence-corrected chi connectivity index (χ1v) is 8.29. The first-order chi connectivity index (χ1) is 8.70. The highest BCUT2D eigenvalue weighted by Crippen LogP contribution is 2.33. The van der Waals surface area contributed by atoms with E-state index in [2.05, 4.69) is 58.3 Å². The Balaban J connectivity index is 2.14. The van der Waals surface area contributed by atoms with Gasteiger partial charge < -0.3 is 5.32 Å². The van der Waals surface area contributed by atoms with Gasteiger partial charge in [0.1, 0.15) is 0 Å². The molecule has 96 valence electrons. The molecule has 0 aliphatic heterocycles. The van der Waals surface area contributed by atoms with Gasteiger partial charge in [-0.3, -0.25) is 0 Å². The molecule has 1 aromatic heterocycles. The number of halogens is 1. The molecule has 1 heterocycles. The van der Waals surface area contributed by atoms with Crippen molar-refractivity contribution in [3.63, 3.8) is 0 Å². The second-order valence-corrected chi connectivity index (χ2v) is 6.93. The maximum atomic E-state index is 4.28. The summed E-state index contributed by atoms with van der Waals surface area (Å²) in [6, 6.07) is 6.85. The highest BCUT2D eigenvalue weighted by Gasteiger charge is 2.09. The Labute approximate surface area is 124 Å². The Kier molecular flexibility index (Phi) is 5.24. The second kappa shape index (κ2) is 6.70. The van der Waals surface area contributed by atoms with Crippen molar-refractivity contribution in [2.24, 2.45) is 0 Å². The van der Waals surface area contributed by atoms with Crippen molar-refractivity contribution in [2.75, 3.05) is 6.54 Å². The molecule has 2 nitrogen and oxygen atoms in total. The predicted octanol–water partition coefficient (Wildman–Crippen LogP) is 4.73. The normalized spacial score (nSPS) is 12.6. The Morgan fingerprint density at radius 2 is 2.33 bits per heavy atom. The zero-order valence-electron chi connectivity index (χ0n) is 10.3. The number of nitrogens with one attached hydrogen (secondary N) is 1. The van der Waals surface area contributed by atoms with E-state index in [1.54, 1.807) is 23.1 Å². The smallest absolute Gasteiger partial charge is 0.154 e. The molecule has 18 heavy (non-hydrogen) atoms. The molecule has 0 spiro atoms. The average molecular weight is 343 g/mol. The summed E-state index contributed by atoms with van der Waals surface area (Å²) in [5, 5.41) is 5.42. The molecule has 1 aromatic carbocycles. The molecular weight excluding hydrogens is 328 g/mol. The molecular formula is C13H15BrN2S2. The van der Waals surface area contributed by atoms with Crippen molar-refractivity contribution in [3.05, 3.63) is 39.8 Å². The molecule has 2 aromatic rings. The topological polar surface area (TPSA) is 24.9 Å². The summed E-state index contributed by atoms with van der Waals surface area (Å²) in [5.74, 6) is 0. The molecule has 0 amide bonds. The quantitative estimate of drug-likeness (QED) is 0.850. The third kappa shape index (κ3) is 3.57. The number of hydrogen-bond acceptors (Lipinski definition) is 4. The molecule has 0 saturated carbocycles. The molecule has 1 atom stereocenters. The van der Waals surface area contributed by atoms with E-state index < -0.39 is 0 Å². The monoisotopic (exact) mass is 342 g/mol. The van der Waals surface area contributed by atoms with Crippen LogP contribution in [-0.2, 0) is 0 Å². The van der Waals surface area contributed by atoms with Crippen LogP contribution >= 0.6 is 39.0 Å². The third-order valence-electron chi connectivity index (χ3n) is 2.56. The fraction of sp³-hybridized carbons (Fsp3) is 0.308. The van der Waals surface area contributed by atoms with E-state index in [1.165, 1.54) is 10.5 Å².